The summed E-state index contributed by atoms with van der Waals surface area (Å²) in [5.41, 5.74) is 5.50. The molecule has 0 saturated carbocycles. The van der Waals surface area contributed by atoms with Gasteiger partial charge < -0.3 is 20.1 Å². The molecular weight excluding hydrogens is 468 g/mol. The number of amides is 2. The van der Waals surface area contributed by atoms with Crippen LogP contribution in [0.3, 0.4) is 0 Å². The highest BCUT2D eigenvalue weighted by Crippen LogP contribution is 2.44. The molecular formula is C30H32N2O5. The molecule has 0 fully saturated rings. The van der Waals surface area contributed by atoms with Crippen molar-refractivity contribution in [2.45, 2.75) is 31.7 Å². The van der Waals surface area contributed by atoms with Gasteiger partial charge in [-0.2, -0.15) is 0 Å². The Labute approximate surface area is 217 Å². The lowest BCUT2D eigenvalue weighted by Crippen LogP contribution is -2.45. The van der Waals surface area contributed by atoms with Gasteiger partial charge in [-0.25, -0.2) is 4.79 Å². The molecule has 0 aliphatic heterocycles. The van der Waals surface area contributed by atoms with Gasteiger partial charge in [0.1, 0.15) is 6.61 Å². The number of carboxylic acids is 1. The van der Waals surface area contributed by atoms with Crippen LogP contribution in [0.15, 0.2) is 78.9 Å². The van der Waals surface area contributed by atoms with Crippen molar-refractivity contribution in [1.29, 1.82) is 0 Å². The van der Waals surface area contributed by atoms with Gasteiger partial charge in [0.15, 0.2) is 0 Å². The predicted octanol–water partition coefficient (Wildman–Crippen LogP) is 4.71. The Bertz CT molecular complexity index is 1210. The number of aliphatic carboxylic acids is 1. The summed E-state index contributed by atoms with van der Waals surface area (Å²) < 4.78 is 5.60. The van der Waals surface area contributed by atoms with E-state index in [4.69, 9.17) is 4.74 Å². The summed E-state index contributed by atoms with van der Waals surface area (Å²) in [5.74, 6) is -2.01. The van der Waals surface area contributed by atoms with Crippen LogP contribution in [0.2, 0.25) is 0 Å². The third-order valence-corrected chi connectivity index (χ3v) is 6.73. The van der Waals surface area contributed by atoms with Crippen LogP contribution in [-0.4, -0.2) is 54.2 Å². The van der Waals surface area contributed by atoms with E-state index in [1.807, 2.05) is 54.6 Å². The number of nitrogens with one attached hydrogen (secondary N) is 1. The first-order valence-electron chi connectivity index (χ1n) is 12.5. The Morgan fingerprint density at radius 2 is 1.49 bits per heavy atom. The van der Waals surface area contributed by atoms with E-state index in [2.05, 4.69) is 29.6 Å². The standard InChI is InChI=1S/C30H32N2O5/c1-20(18-32(2)29(35)22(17-28(33)34)16-21-10-4-3-5-11-21)31-30(36)37-19-27-25-14-8-6-12-23(25)24-13-7-9-15-26(24)27/h3-15,20,22,27H,16-19H2,1-2H3,(H,31,36)(H,33,34)/t20-,22+/m0/s1. The van der Waals surface area contributed by atoms with E-state index in [9.17, 15) is 19.5 Å². The lowest BCUT2D eigenvalue weighted by Gasteiger charge is -2.26. The minimum absolute atomic E-state index is 0.0347. The van der Waals surface area contributed by atoms with E-state index in [1.165, 1.54) is 4.90 Å². The number of alkyl carbamates (subject to hydrolysis) is 1. The first-order valence-corrected chi connectivity index (χ1v) is 12.5. The van der Waals surface area contributed by atoms with E-state index in [-0.39, 0.29) is 37.4 Å². The van der Waals surface area contributed by atoms with Gasteiger partial charge in [0.25, 0.3) is 0 Å². The molecule has 3 aromatic carbocycles. The average Bonchev–Trinajstić information content (AvgIpc) is 3.20. The zero-order chi connectivity index (χ0) is 26.4. The van der Waals surface area contributed by atoms with Crippen LogP contribution in [0, 0.1) is 5.92 Å². The number of fused-ring (bicyclic) bond motifs is 3. The zero-order valence-corrected chi connectivity index (χ0v) is 21.1. The lowest BCUT2D eigenvalue weighted by molar-refractivity contribution is -0.144. The number of carbonyl (C=O) groups is 3. The summed E-state index contributed by atoms with van der Waals surface area (Å²) in [6.45, 7) is 2.22. The second-order valence-electron chi connectivity index (χ2n) is 9.57. The van der Waals surface area contributed by atoms with Gasteiger partial charge in [-0.15, -0.1) is 0 Å². The molecule has 7 nitrogen and oxygen atoms in total. The van der Waals surface area contributed by atoms with Crippen molar-refractivity contribution in [2.24, 2.45) is 5.92 Å². The van der Waals surface area contributed by atoms with Crippen molar-refractivity contribution in [3.63, 3.8) is 0 Å². The number of hydrogen-bond donors (Lipinski definition) is 2. The monoisotopic (exact) mass is 500 g/mol. The van der Waals surface area contributed by atoms with Crippen molar-refractivity contribution >= 4 is 18.0 Å². The summed E-state index contributed by atoms with van der Waals surface area (Å²) in [5, 5.41) is 12.1. The fourth-order valence-corrected chi connectivity index (χ4v) is 5.06. The number of ether oxygens (including phenoxy) is 1. The van der Waals surface area contributed by atoms with Crippen LogP contribution in [0.5, 0.6) is 0 Å². The molecule has 0 aromatic heterocycles. The number of carbonyl (C=O) groups excluding carboxylic acids is 2. The Kier molecular flexibility index (Phi) is 8.23. The normalized spacial score (nSPS) is 13.7. The molecule has 1 aliphatic carbocycles. The highest BCUT2D eigenvalue weighted by molar-refractivity contribution is 5.83. The highest BCUT2D eigenvalue weighted by Gasteiger charge is 2.30. The van der Waals surface area contributed by atoms with Gasteiger partial charge >= 0.3 is 12.1 Å². The zero-order valence-electron chi connectivity index (χ0n) is 21.1. The minimum Gasteiger partial charge on any atom is -0.481 e. The van der Waals surface area contributed by atoms with Crippen molar-refractivity contribution in [3.8, 4) is 11.1 Å². The average molecular weight is 501 g/mol. The topological polar surface area (TPSA) is 95.9 Å². The number of hydrogen-bond acceptors (Lipinski definition) is 4. The van der Waals surface area contributed by atoms with Crippen LogP contribution in [0.4, 0.5) is 4.79 Å². The van der Waals surface area contributed by atoms with Gasteiger partial charge in [-0.05, 0) is 41.2 Å². The summed E-state index contributed by atoms with van der Waals surface area (Å²) in [6, 6.07) is 25.3. The smallest absolute Gasteiger partial charge is 0.407 e. The molecule has 37 heavy (non-hydrogen) atoms. The van der Waals surface area contributed by atoms with E-state index in [1.54, 1.807) is 14.0 Å². The van der Waals surface area contributed by atoms with Gasteiger partial charge in [-0.1, -0.05) is 78.9 Å². The third kappa shape index (κ3) is 6.36. The predicted molar refractivity (Wildman–Crippen MR) is 141 cm³/mol. The van der Waals surface area contributed by atoms with Crippen LogP contribution in [-0.2, 0) is 20.7 Å². The molecule has 2 amide bonds. The quantitative estimate of drug-likeness (QED) is 0.421. The number of carboxylic acid groups (broad SMARTS) is 1. The highest BCUT2D eigenvalue weighted by atomic mass is 16.5. The molecule has 2 atom stereocenters. The molecule has 4 rings (SSSR count). The van der Waals surface area contributed by atoms with E-state index in [0.29, 0.717) is 6.42 Å². The second kappa shape index (κ2) is 11.7. The SMILES string of the molecule is C[C@@H](CN(C)C(=O)[C@@H](CC(=O)O)Cc1ccccc1)NC(=O)OCC1c2ccccc2-c2ccccc21. The minimum atomic E-state index is -1.02. The molecule has 1 aliphatic rings. The summed E-state index contributed by atoms with van der Waals surface area (Å²) in [7, 11) is 1.62. The number of benzene rings is 3. The number of nitrogens with zero attached hydrogens (tertiary/aromatic N) is 1. The Morgan fingerprint density at radius 1 is 0.919 bits per heavy atom. The fraction of sp³-hybridized carbons (Fsp3) is 0.300. The van der Waals surface area contributed by atoms with Crippen LogP contribution in [0.1, 0.15) is 36.0 Å². The van der Waals surface area contributed by atoms with Crippen LogP contribution >= 0.6 is 0 Å². The molecule has 0 radical (unpaired) electrons. The van der Waals surface area contributed by atoms with Crippen molar-refractivity contribution in [2.75, 3.05) is 20.2 Å². The maximum atomic E-state index is 13.1. The number of rotatable bonds is 10. The molecule has 2 N–H and O–H groups in total. The van der Waals surface area contributed by atoms with E-state index >= 15 is 0 Å². The van der Waals surface area contributed by atoms with E-state index < -0.39 is 18.0 Å². The van der Waals surface area contributed by atoms with Gasteiger partial charge in [0.05, 0.1) is 12.3 Å². The van der Waals surface area contributed by atoms with Gasteiger partial charge in [0.2, 0.25) is 5.91 Å². The molecule has 192 valence electrons. The number of likely N-dealkylation sites (N-methyl/N-ethyl adjacent to an activating group) is 1. The maximum absolute atomic E-state index is 13.1. The molecule has 7 heteroatoms. The lowest BCUT2D eigenvalue weighted by atomic mass is 9.94. The molecule has 3 aromatic rings. The Hall–Kier alpha value is -4.13. The summed E-state index contributed by atoms with van der Waals surface area (Å²) in [6.07, 6.45) is -0.474. The third-order valence-electron chi connectivity index (χ3n) is 6.73. The van der Waals surface area contributed by atoms with Crippen molar-refractivity contribution in [1.82, 2.24) is 10.2 Å². The van der Waals surface area contributed by atoms with Crippen molar-refractivity contribution in [3.05, 3.63) is 95.6 Å². The maximum Gasteiger partial charge on any atom is 0.407 e. The summed E-state index contributed by atoms with van der Waals surface area (Å²) in [4.78, 5) is 38.5. The summed E-state index contributed by atoms with van der Waals surface area (Å²) >= 11 is 0. The first kappa shape index (κ1) is 25.9. The largest absolute Gasteiger partial charge is 0.481 e. The molecule has 0 heterocycles. The molecule has 0 spiro atoms. The van der Waals surface area contributed by atoms with Crippen molar-refractivity contribution < 1.29 is 24.2 Å². The molecule has 0 saturated heterocycles. The van der Waals surface area contributed by atoms with Crippen LogP contribution in [0.25, 0.3) is 11.1 Å². The van der Waals surface area contributed by atoms with Crippen LogP contribution < -0.4 is 5.32 Å². The Morgan fingerprint density at radius 3 is 2.08 bits per heavy atom. The Balaban J connectivity index is 1.31. The van der Waals surface area contributed by atoms with E-state index in [0.717, 1.165) is 27.8 Å². The van der Waals surface area contributed by atoms with Gasteiger partial charge in [0, 0.05) is 25.6 Å². The van der Waals surface area contributed by atoms with Gasteiger partial charge in [-0.3, -0.25) is 9.59 Å². The molecule has 0 bridgehead atoms. The second-order valence-corrected chi connectivity index (χ2v) is 9.57. The molecule has 0 unspecified atom stereocenters. The first-order chi connectivity index (χ1) is 17.8. The fourth-order valence-electron chi connectivity index (χ4n) is 5.06.